The highest BCUT2D eigenvalue weighted by molar-refractivity contribution is 6.13. The topological polar surface area (TPSA) is 63.1 Å². The van der Waals surface area contributed by atoms with Gasteiger partial charge in [0.25, 0.3) is 5.91 Å². The average Bonchev–Trinajstić information content (AvgIpc) is 3.01. The zero-order valence-corrected chi connectivity index (χ0v) is 17.6. The molecule has 0 fully saturated rings. The van der Waals surface area contributed by atoms with E-state index in [1.165, 1.54) is 4.90 Å². The van der Waals surface area contributed by atoms with E-state index >= 15 is 0 Å². The third-order valence-electron chi connectivity index (χ3n) is 5.00. The fourth-order valence-electron chi connectivity index (χ4n) is 3.64. The highest BCUT2D eigenvalue weighted by Crippen LogP contribution is 2.29. The van der Waals surface area contributed by atoms with E-state index in [0.717, 1.165) is 17.7 Å². The van der Waals surface area contributed by atoms with Crippen LogP contribution in [0.25, 0.3) is 22.3 Å². The summed E-state index contributed by atoms with van der Waals surface area (Å²) in [5, 5.41) is 7.58. The number of halogens is 2. The molecule has 0 unspecified atom stereocenters. The molecule has 0 aliphatic carbocycles. The van der Waals surface area contributed by atoms with E-state index in [-0.39, 0.29) is 11.4 Å². The van der Waals surface area contributed by atoms with Gasteiger partial charge in [-0.2, -0.15) is 5.10 Å². The molecule has 4 aromatic rings. The Bertz CT molecular complexity index is 1280. The number of anilines is 2. The number of nitrogens with one attached hydrogen (secondary N) is 1. The molecule has 0 bridgehead atoms. The van der Waals surface area contributed by atoms with E-state index in [9.17, 15) is 13.6 Å². The number of aromatic nitrogens is 3. The van der Waals surface area contributed by atoms with Crippen LogP contribution in [-0.4, -0.2) is 34.8 Å². The number of carbonyl (C=O) groups excluding carboxylic acids is 1. The second-order valence-corrected chi connectivity index (χ2v) is 7.47. The SMILES string of the molecule is Cc1nn(C)c2nc(-c3ccccc3)cc(C(=O)Nc3cc(F)c(N(C)C)c(F)c3)c12. The molecule has 2 heterocycles. The maximum Gasteiger partial charge on any atom is 0.256 e. The average molecular weight is 421 g/mol. The van der Waals surface area contributed by atoms with Gasteiger partial charge in [-0.3, -0.25) is 9.48 Å². The third kappa shape index (κ3) is 3.72. The predicted molar refractivity (Wildman–Crippen MR) is 117 cm³/mol. The summed E-state index contributed by atoms with van der Waals surface area (Å²) in [5.74, 6) is -2.03. The van der Waals surface area contributed by atoms with Gasteiger partial charge in [0, 0.05) is 32.4 Å². The summed E-state index contributed by atoms with van der Waals surface area (Å²) in [7, 11) is 4.84. The summed E-state index contributed by atoms with van der Waals surface area (Å²) in [4.78, 5) is 19.2. The number of benzene rings is 2. The van der Waals surface area contributed by atoms with Gasteiger partial charge in [-0.25, -0.2) is 13.8 Å². The van der Waals surface area contributed by atoms with Gasteiger partial charge in [-0.05, 0) is 25.1 Å². The van der Waals surface area contributed by atoms with Crippen LogP contribution in [0, 0.1) is 18.6 Å². The van der Waals surface area contributed by atoms with Gasteiger partial charge in [-0.1, -0.05) is 30.3 Å². The molecule has 0 aliphatic rings. The van der Waals surface area contributed by atoms with Crippen molar-refractivity contribution in [2.45, 2.75) is 6.92 Å². The van der Waals surface area contributed by atoms with Crippen LogP contribution in [-0.2, 0) is 7.05 Å². The molecule has 6 nitrogen and oxygen atoms in total. The highest BCUT2D eigenvalue weighted by Gasteiger charge is 2.21. The van der Waals surface area contributed by atoms with Gasteiger partial charge in [0.05, 0.1) is 22.3 Å². The Morgan fingerprint density at radius 3 is 2.32 bits per heavy atom. The number of aryl methyl sites for hydroxylation is 2. The fraction of sp³-hybridized carbons (Fsp3) is 0.174. The van der Waals surface area contributed by atoms with Crippen LogP contribution in [0.2, 0.25) is 0 Å². The Morgan fingerprint density at radius 1 is 1.06 bits per heavy atom. The number of hydrogen-bond donors (Lipinski definition) is 1. The Labute approximate surface area is 178 Å². The molecule has 0 radical (unpaired) electrons. The highest BCUT2D eigenvalue weighted by atomic mass is 19.1. The molecule has 1 N–H and O–H groups in total. The van der Waals surface area contributed by atoms with Crippen molar-refractivity contribution in [1.29, 1.82) is 0 Å². The molecule has 1 amide bonds. The maximum absolute atomic E-state index is 14.4. The molecule has 0 saturated heterocycles. The largest absolute Gasteiger partial charge is 0.373 e. The summed E-state index contributed by atoms with van der Waals surface area (Å²) < 4.78 is 30.3. The molecule has 0 aliphatic heterocycles. The number of pyridine rings is 1. The number of carbonyl (C=O) groups is 1. The molecule has 2 aromatic carbocycles. The lowest BCUT2D eigenvalue weighted by molar-refractivity contribution is 0.102. The second-order valence-electron chi connectivity index (χ2n) is 7.47. The molecule has 158 valence electrons. The molecule has 4 rings (SSSR count). The van der Waals surface area contributed by atoms with E-state index in [1.807, 2.05) is 30.3 Å². The molecule has 0 atom stereocenters. The molecular weight excluding hydrogens is 400 g/mol. The van der Waals surface area contributed by atoms with Gasteiger partial charge in [0.1, 0.15) is 5.69 Å². The molecule has 31 heavy (non-hydrogen) atoms. The minimum atomic E-state index is -0.761. The predicted octanol–water partition coefficient (Wildman–Crippen LogP) is 4.54. The van der Waals surface area contributed by atoms with Crippen LogP contribution >= 0.6 is 0 Å². The molecule has 2 aromatic heterocycles. The van der Waals surface area contributed by atoms with Gasteiger partial charge in [0.2, 0.25) is 0 Å². The summed E-state index contributed by atoms with van der Waals surface area (Å²) in [6.07, 6.45) is 0. The van der Waals surface area contributed by atoms with Crippen molar-refractivity contribution in [3.8, 4) is 11.3 Å². The van der Waals surface area contributed by atoms with Gasteiger partial charge >= 0.3 is 0 Å². The van der Waals surface area contributed by atoms with Crippen molar-refractivity contribution in [2.75, 3.05) is 24.3 Å². The smallest absolute Gasteiger partial charge is 0.256 e. The normalized spacial score (nSPS) is 11.0. The monoisotopic (exact) mass is 421 g/mol. The molecular formula is C23H21F2N5O. The minimum absolute atomic E-state index is 0.0263. The van der Waals surface area contributed by atoms with Crippen LogP contribution in [0.4, 0.5) is 20.2 Å². The van der Waals surface area contributed by atoms with E-state index in [0.29, 0.717) is 28.0 Å². The lowest BCUT2D eigenvalue weighted by Gasteiger charge is -2.16. The second kappa shape index (κ2) is 7.79. The number of fused-ring (bicyclic) bond motifs is 1. The van der Waals surface area contributed by atoms with E-state index in [1.54, 1.807) is 38.8 Å². The van der Waals surface area contributed by atoms with Crippen molar-refractivity contribution >= 4 is 28.3 Å². The van der Waals surface area contributed by atoms with Crippen molar-refractivity contribution < 1.29 is 13.6 Å². The lowest BCUT2D eigenvalue weighted by Crippen LogP contribution is -2.16. The summed E-state index contributed by atoms with van der Waals surface area (Å²) in [6.45, 7) is 1.79. The summed E-state index contributed by atoms with van der Waals surface area (Å²) >= 11 is 0. The Hall–Kier alpha value is -3.81. The number of amides is 1. The Kier molecular flexibility index (Phi) is 5.14. The first kappa shape index (κ1) is 20.5. The zero-order chi connectivity index (χ0) is 22.3. The number of nitrogens with zero attached hydrogens (tertiary/aromatic N) is 4. The Balaban J connectivity index is 1.81. The van der Waals surface area contributed by atoms with Crippen LogP contribution in [0.1, 0.15) is 16.1 Å². The van der Waals surface area contributed by atoms with Gasteiger partial charge < -0.3 is 10.2 Å². The zero-order valence-electron chi connectivity index (χ0n) is 17.6. The number of hydrogen-bond acceptors (Lipinski definition) is 4. The quantitative estimate of drug-likeness (QED) is 0.526. The van der Waals surface area contributed by atoms with Gasteiger partial charge in [0.15, 0.2) is 17.3 Å². The van der Waals surface area contributed by atoms with Crippen molar-refractivity contribution in [3.05, 3.63) is 71.4 Å². The first-order chi connectivity index (χ1) is 14.8. The van der Waals surface area contributed by atoms with Crippen LogP contribution in [0.3, 0.4) is 0 Å². The summed E-state index contributed by atoms with van der Waals surface area (Å²) in [6, 6.07) is 13.3. The fourth-order valence-corrected chi connectivity index (χ4v) is 3.64. The molecule has 0 saturated carbocycles. The van der Waals surface area contributed by atoms with E-state index < -0.39 is 17.5 Å². The van der Waals surface area contributed by atoms with Crippen LogP contribution in [0.15, 0.2) is 48.5 Å². The van der Waals surface area contributed by atoms with Crippen molar-refractivity contribution in [3.63, 3.8) is 0 Å². The first-order valence-electron chi connectivity index (χ1n) is 9.63. The summed E-state index contributed by atoms with van der Waals surface area (Å²) in [5.41, 5.74) is 2.80. The van der Waals surface area contributed by atoms with Crippen molar-refractivity contribution in [1.82, 2.24) is 14.8 Å². The van der Waals surface area contributed by atoms with Crippen LogP contribution < -0.4 is 10.2 Å². The first-order valence-corrected chi connectivity index (χ1v) is 9.63. The Morgan fingerprint density at radius 2 is 1.71 bits per heavy atom. The van der Waals surface area contributed by atoms with Crippen LogP contribution in [0.5, 0.6) is 0 Å². The maximum atomic E-state index is 14.4. The number of rotatable bonds is 4. The van der Waals surface area contributed by atoms with Gasteiger partial charge in [-0.15, -0.1) is 0 Å². The third-order valence-corrected chi connectivity index (χ3v) is 5.00. The minimum Gasteiger partial charge on any atom is -0.373 e. The van der Waals surface area contributed by atoms with Crippen molar-refractivity contribution in [2.24, 2.45) is 7.05 Å². The molecule has 8 heteroatoms. The standard InChI is InChI=1S/C23H21F2N5O/c1-13-20-16(23(31)26-15-10-17(24)21(29(2)3)18(25)11-15)12-19(14-8-6-5-7-9-14)27-22(20)30(4)28-13/h5-12H,1-4H3,(H,26,31). The van der Waals surface area contributed by atoms with E-state index in [4.69, 9.17) is 0 Å². The van der Waals surface area contributed by atoms with E-state index in [2.05, 4.69) is 15.4 Å². The molecule has 0 spiro atoms. The lowest BCUT2D eigenvalue weighted by atomic mass is 10.0.